The second-order valence-corrected chi connectivity index (χ2v) is 6.90. The molecule has 0 fully saturated rings. The summed E-state index contributed by atoms with van der Waals surface area (Å²) < 4.78 is 27.0. The van der Waals surface area contributed by atoms with Crippen LogP contribution < -0.4 is 10.0 Å². The Labute approximate surface area is 138 Å². The summed E-state index contributed by atoms with van der Waals surface area (Å²) in [5, 5.41) is 2.95. The maximum absolute atomic E-state index is 12.3. The molecule has 2 aromatic carbocycles. The molecule has 0 aliphatic carbocycles. The zero-order valence-electron chi connectivity index (χ0n) is 11.4. The van der Waals surface area contributed by atoms with Gasteiger partial charge in [-0.3, -0.25) is 9.52 Å². The highest BCUT2D eigenvalue weighted by Gasteiger charge is 2.17. The largest absolute Gasteiger partial charge is 0.326 e. The van der Waals surface area contributed by atoms with E-state index >= 15 is 0 Å². The first kappa shape index (κ1) is 16.6. The molecule has 0 saturated heterocycles. The van der Waals surface area contributed by atoms with Crippen LogP contribution in [0.3, 0.4) is 0 Å². The van der Waals surface area contributed by atoms with Gasteiger partial charge in [-0.1, -0.05) is 29.3 Å². The zero-order chi connectivity index (χ0) is 16.3. The molecule has 0 saturated carbocycles. The Morgan fingerprint density at radius 1 is 1.00 bits per heavy atom. The van der Waals surface area contributed by atoms with Crippen LogP contribution in [-0.4, -0.2) is 14.3 Å². The molecule has 0 atom stereocenters. The van der Waals surface area contributed by atoms with Gasteiger partial charge in [-0.15, -0.1) is 0 Å². The number of amides is 1. The Balaban J connectivity index is 2.29. The minimum absolute atomic E-state index is 0.0255. The Hall–Kier alpha value is -1.76. The second kappa shape index (κ2) is 6.56. The summed E-state index contributed by atoms with van der Waals surface area (Å²) in [5.41, 5.74) is 0.624. The molecule has 2 N–H and O–H groups in total. The predicted molar refractivity (Wildman–Crippen MR) is 88.0 cm³/mol. The molecule has 0 aliphatic heterocycles. The van der Waals surface area contributed by atoms with Crippen LogP contribution in [0.5, 0.6) is 0 Å². The van der Waals surface area contributed by atoms with Crippen LogP contribution in [0, 0.1) is 0 Å². The minimum Gasteiger partial charge on any atom is -0.326 e. The van der Waals surface area contributed by atoms with E-state index in [-0.39, 0.29) is 26.5 Å². The third-order valence-electron chi connectivity index (χ3n) is 2.68. The van der Waals surface area contributed by atoms with Crippen LogP contribution in [-0.2, 0) is 14.8 Å². The summed E-state index contributed by atoms with van der Waals surface area (Å²) in [6, 6.07) is 10.4. The number of carbonyl (C=O) groups excluding carboxylic acids is 1. The minimum atomic E-state index is -3.84. The Bertz CT molecular complexity index is 785. The maximum atomic E-state index is 12.3. The number of nitrogens with one attached hydrogen (secondary N) is 2. The number of rotatable bonds is 4. The summed E-state index contributed by atoms with van der Waals surface area (Å²) in [5.74, 6) is -0.239. The van der Waals surface area contributed by atoms with Crippen molar-refractivity contribution in [1.82, 2.24) is 0 Å². The van der Waals surface area contributed by atoms with Gasteiger partial charge in [0.1, 0.15) is 0 Å². The van der Waals surface area contributed by atoms with Gasteiger partial charge in [-0.05, 0) is 36.4 Å². The van der Waals surface area contributed by atoms with Crippen LogP contribution in [0.4, 0.5) is 11.4 Å². The Morgan fingerprint density at radius 2 is 1.55 bits per heavy atom. The number of hydrogen-bond acceptors (Lipinski definition) is 3. The standard InChI is InChI=1S/C14H12Cl2N2O3S/c1-9(19)17-10-5-7-11(8-6-10)22(20,21)18-14-12(15)3-2-4-13(14)16/h2-8,18H,1H3,(H,17,19). The third kappa shape index (κ3) is 3.91. The van der Waals surface area contributed by atoms with Crippen LogP contribution >= 0.6 is 23.2 Å². The van der Waals surface area contributed by atoms with Crippen molar-refractivity contribution >= 4 is 50.5 Å². The molecule has 1 amide bonds. The highest BCUT2D eigenvalue weighted by Crippen LogP contribution is 2.31. The molecule has 5 nitrogen and oxygen atoms in total. The molecule has 8 heteroatoms. The lowest BCUT2D eigenvalue weighted by Crippen LogP contribution is -2.14. The molecule has 0 aliphatic rings. The number of benzene rings is 2. The van der Waals surface area contributed by atoms with Crippen molar-refractivity contribution in [3.63, 3.8) is 0 Å². The monoisotopic (exact) mass is 358 g/mol. The van der Waals surface area contributed by atoms with Gasteiger partial charge in [0.2, 0.25) is 5.91 Å². The SMILES string of the molecule is CC(=O)Nc1ccc(S(=O)(=O)Nc2c(Cl)cccc2Cl)cc1. The molecule has 0 bridgehead atoms. The van der Waals surface area contributed by atoms with Crippen LogP contribution in [0.25, 0.3) is 0 Å². The lowest BCUT2D eigenvalue weighted by molar-refractivity contribution is -0.114. The Morgan fingerprint density at radius 3 is 2.05 bits per heavy atom. The summed E-state index contributed by atoms with van der Waals surface area (Å²) in [6.45, 7) is 1.37. The predicted octanol–water partition coefficient (Wildman–Crippen LogP) is 3.75. The number of anilines is 2. The van der Waals surface area contributed by atoms with E-state index in [0.29, 0.717) is 5.69 Å². The van der Waals surface area contributed by atoms with Crippen molar-refractivity contribution < 1.29 is 13.2 Å². The quantitative estimate of drug-likeness (QED) is 0.873. The van der Waals surface area contributed by atoms with E-state index in [0.717, 1.165) is 0 Å². The third-order valence-corrected chi connectivity index (χ3v) is 4.68. The number of carbonyl (C=O) groups is 1. The molecule has 0 unspecified atom stereocenters. The van der Waals surface area contributed by atoms with Crippen LogP contribution in [0.1, 0.15) is 6.92 Å². The van der Waals surface area contributed by atoms with Gasteiger partial charge in [-0.25, -0.2) is 8.42 Å². The lowest BCUT2D eigenvalue weighted by atomic mass is 10.3. The van der Waals surface area contributed by atoms with Crippen LogP contribution in [0.15, 0.2) is 47.4 Å². The molecular weight excluding hydrogens is 347 g/mol. The van der Waals surface area contributed by atoms with E-state index < -0.39 is 10.0 Å². The van der Waals surface area contributed by atoms with Gasteiger partial charge in [0, 0.05) is 12.6 Å². The van der Waals surface area contributed by atoms with E-state index in [2.05, 4.69) is 10.0 Å². The van der Waals surface area contributed by atoms with Crippen molar-refractivity contribution in [1.29, 1.82) is 0 Å². The molecule has 116 valence electrons. The fraction of sp³-hybridized carbons (Fsp3) is 0.0714. The maximum Gasteiger partial charge on any atom is 0.261 e. The molecule has 0 aromatic heterocycles. The first-order chi connectivity index (χ1) is 10.3. The van der Waals surface area contributed by atoms with Crippen LogP contribution in [0.2, 0.25) is 10.0 Å². The van der Waals surface area contributed by atoms with E-state index in [1.165, 1.54) is 43.3 Å². The molecule has 2 rings (SSSR count). The van der Waals surface area contributed by atoms with E-state index in [9.17, 15) is 13.2 Å². The topological polar surface area (TPSA) is 75.3 Å². The summed E-state index contributed by atoms with van der Waals surface area (Å²) in [7, 11) is -3.84. The van der Waals surface area contributed by atoms with Crippen molar-refractivity contribution in [2.24, 2.45) is 0 Å². The fourth-order valence-electron chi connectivity index (χ4n) is 1.71. The van der Waals surface area contributed by atoms with Gasteiger partial charge in [0.25, 0.3) is 10.0 Å². The highest BCUT2D eigenvalue weighted by atomic mass is 35.5. The lowest BCUT2D eigenvalue weighted by Gasteiger charge is -2.11. The number of halogens is 2. The fourth-order valence-corrected chi connectivity index (χ4v) is 3.41. The summed E-state index contributed by atoms with van der Waals surface area (Å²) in [6.07, 6.45) is 0. The summed E-state index contributed by atoms with van der Waals surface area (Å²) >= 11 is 11.9. The first-order valence-corrected chi connectivity index (χ1v) is 8.38. The van der Waals surface area contributed by atoms with Gasteiger partial charge in [0.15, 0.2) is 0 Å². The Kier molecular flexibility index (Phi) is 4.95. The number of para-hydroxylation sites is 1. The van der Waals surface area contributed by atoms with Crippen molar-refractivity contribution in [2.45, 2.75) is 11.8 Å². The average Bonchev–Trinajstić information content (AvgIpc) is 2.43. The van der Waals surface area contributed by atoms with Gasteiger partial charge in [0.05, 0.1) is 20.6 Å². The van der Waals surface area contributed by atoms with E-state index in [4.69, 9.17) is 23.2 Å². The second-order valence-electron chi connectivity index (χ2n) is 4.41. The van der Waals surface area contributed by atoms with E-state index in [1.807, 2.05) is 0 Å². The molecule has 0 heterocycles. The number of sulfonamides is 1. The number of hydrogen-bond donors (Lipinski definition) is 2. The molecule has 0 spiro atoms. The van der Waals surface area contributed by atoms with Gasteiger partial charge >= 0.3 is 0 Å². The average molecular weight is 359 g/mol. The van der Waals surface area contributed by atoms with Gasteiger partial charge < -0.3 is 5.32 Å². The van der Waals surface area contributed by atoms with Gasteiger partial charge in [-0.2, -0.15) is 0 Å². The normalized spacial score (nSPS) is 11.0. The smallest absolute Gasteiger partial charge is 0.261 e. The molecule has 22 heavy (non-hydrogen) atoms. The van der Waals surface area contributed by atoms with E-state index in [1.54, 1.807) is 6.07 Å². The first-order valence-electron chi connectivity index (χ1n) is 6.14. The molecule has 0 radical (unpaired) electrons. The molecule has 2 aromatic rings. The van der Waals surface area contributed by atoms with Crippen molar-refractivity contribution in [2.75, 3.05) is 10.0 Å². The zero-order valence-corrected chi connectivity index (χ0v) is 13.8. The highest BCUT2D eigenvalue weighted by molar-refractivity contribution is 7.92. The molecular formula is C14H12Cl2N2O3S. The van der Waals surface area contributed by atoms with Crippen molar-refractivity contribution in [3.8, 4) is 0 Å². The summed E-state index contributed by atoms with van der Waals surface area (Å²) in [4.78, 5) is 11.0. The van der Waals surface area contributed by atoms with Crippen molar-refractivity contribution in [3.05, 3.63) is 52.5 Å².